The first-order chi connectivity index (χ1) is 12.6. The van der Waals surface area contributed by atoms with Crippen molar-refractivity contribution >= 4 is 5.91 Å². The predicted octanol–water partition coefficient (Wildman–Crippen LogP) is 3.38. The minimum absolute atomic E-state index is 0.0497. The lowest BCUT2D eigenvalue weighted by Gasteiger charge is -2.29. The summed E-state index contributed by atoms with van der Waals surface area (Å²) in [5.74, 6) is 0.770. The average Bonchev–Trinajstić information content (AvgIpc) is 3.26. The van der Waals surface area contributed by atoms with Crippen LogP contribution in [-0.2, 0) is 20.0 Å². The van der Waals surface area contributed by atoms with Crippen molar-refractivity contribution in [1.82, 2.24) is 19.6 Å². The summed E-state index contributed by atoms with van der Waals surface area (Å²) in [4.78, 5) is 19.3. The minimum Gasteiger partial charge on any atom is -0.364 e. The molecule has 1 aromatic carbocycles. The van der Waals surface area contributed by atoms with Gasteiger partial charge in [-0.2, -0.15) is 0 Å². The number of benzene rings is 1. The third-order valence-corrected chi connectivity index (χ3v) is 4.70. The van der Waals surface area contributed by atoms with Gasteiger partial charge in [0.2, 0.25) is 0 Å². The van der Waals surface area contributed by atoms with Gasteiger partial charge in [-0.15, -0.1) is 0 Å². The number of nitrogens with zero attached hydrogens (tertiary/aromatic N) is 4. The van der Waals surface area contributed by atoms with Crippen molar-refractivity contribution in [3.8, 4) is 0 Å². The molecule has 0 aliphatic heterocycles. The fraction of sp³-hybridized carbons (Fsp3) is 0.350. The number of amides is 1. The van der Waals surface area contributed by atoms with Gasteiger partial charge in [0.25, 0.3) is 5.91 Å². The number of hydrogen-bond donors (Lipinski definition) is 0. The van der Waals surface area contributed by atoms with E-state index >= 15 is 0 Å². The maximum absolute atomic E-state index is 13.1. The smallest absolute Gasteiger partial charge is 0.259 e. The summed E-state index contributed by atoms with van der Waals surface area (Å²) in [6.45, 7) is 4.31. The van der Waals surface area contributed by atoms with Crippen LogP contribution in [0.15, 0.2) is 53.5 Å². The Balaban J connectivity index is 1.78. The highest BCUT2D eigenvalue weighted by atomic mass is 16.5. The van der Waals surface area contributed by atoms with E-state index in [1.807, 2.05) is 40.9 Å². The van der Waals surface area contributed by atoms with Gasteiger partial charge in [0.05, 0.1) is 12.2 Å². The van der Waals surface area contributed by atoms with Crippen LogP contribution >= 0.6 is 0 Å². The van der Waals surface area contributed by atoms with E-state index in [-0.39, 0.29) is 11.9 Å². The summed E-state index contributed by atoms with van der Waals surface area (Å²) in [5, 5.41) is 3.84. The molecule has 0 spiro atoms. The first-order valence-corrected chi connectivity index (χ1v) is 8.78. The van der Waals surface area contributed by atoms with Gasteiger partial charge in [0.15, 0.2) is 0 Å². The van der Waals surface area contributed by atoms with Crippen LogP contribution in [0.5, 0.6) is 0 Å². The molecule has 0 radical (unpaired) electrons. The van der Waals surface area contributed by atoms with Crippen LogP contribution in [0, 0.1) is 6.92 Å². The number of carbonyl (C=O) groups excluding carboxylic acids is 1. The van der Waals surface area contributed by atoms with Gasteiger partial charge in [-0.25, -0.2) is 4.98 Å². The van der Waals surface area contributed by atoms with E-state index in [9.17, 15) is 4.79 Å². The van der Waals surface area contributed by atoms with E-state index < -0.39 is 0 Å². The van der Waals surface area contributed by atoms with Gasteiger partial charge < -0.3 is 14.0 Å². The molecule has 1 atom stereocenters. The minimum atomic E-state index is -0.0766. The Labute approximate surface area is 153 Å². The number of carbonyl (C=O) groups is 1. The van der Waals surface area contributed by atoms with Crippen LogP contribution in [-0.4, -0.2) is 31.6 Å². The normalized spacial score (nSPS) is 12.1. The van der Waals surface area contributed by atoms with Crippen molar-refractivity contribution in [2.75, 3.05) is 0 Å². The van der Waals surface area contributed by atoms with Gasteiger partial charge in [0, 0.05) is 25.5 Å². The van der Waals surface area contributed by atoms with Gasteiger partial charge in [0.1, 0.15) is 17.7 Å². The highest BCUT2D eigenvalue weighted by Crippen LogP contribution is 2.18. The topological polar surface area (TPSA) is 64.2 Å². The van der Waals surface area contributed by atoms with Gasteiger partial charge in [-0.1, -0.05) is 35.5 Å². The molecular formula is C20H24N4O2. The van der Waals surface area contributed by atoms with E-state index in [1.54, 1.807) is 13.1 Å². The lowest BCUT2D eigenvalue weighted by molar-refractivity contribution is 0.0658. The Morgan fingerprint density at radius 1 is 1.31 bits per heavy atom. The second kappa shape index (κ2) is 7.99. The summed E-state index contributed by atoms with van der Waals surface area (Å²) in [6, 6.07) is 10.4. The molecular weight excluding hydrogens is 328 g/mol. The fourth-order valence-corrected chi connectivity index (χ4v) is 2.96. The molecule has 0 bridgehead atoms. The molecule has 26 heavy (non-hydrogen) atoms. The molecule has 2 heterocycles. The van der Waals surface area contributed by atoms with E-state index in [4.69, 9.17) is 4.52 Å². The Morgan fingerprint density at radius 3 is 2.69 bits per heavy atom. The first-order valence-electron chi connectivity index (χ1n) is 8.78. The van der Waals surface area contributed by atoms with Gasteiger partial charge in [-0.3, -0.25) is 4.79 Å². The number of imidazole rings is 1. The molecule has 0 saturated heterocycles. The molecule has 2 aromatic heterocycles. The van der Waals surface area contributed by atoms with E-state index in [0.29, 0.717) is 17.8 Å². The van der Waals surface area contributed by atoms with E-state index in [1.165, 1.54) is 11.8 Å². The van der Waals surface area contributed by atoms with Crippen LogP contribution in [0.3, 0.4) is 0 Å². The summed E-state index contributed by atoms with van der Waals surface area (Å²) >= 11 is 0. The molecule has 0 fully saturated rings. The third kappa shape index (κ3) is 4.02. The molecule has 6 heteroatoms. The number of aromatic nitrogens is 3. The lowest BCUT2D eigenvalue weighted by atomic mass is 10.0. The molecule has 3 aromatic rings. The summed E-state index contributed by atoms with van der Waals surface area (Å²) < 4.78 is 6.90. The molecule has 1 unspecified atom stereocenters. The lowest BCUT2D eigenvalue weighted by Crippen LogP contribution is -2.39. The summed E-state index contributed by atoms with van der Waals surface area (Å²) in [6.07, 6.45) is 6.83. The largest absolute Gasteiger partial charge is 0.364 e. The number of aryl methyl sites for hydroxylation is 3. The third-order valence-electron chi connectivity index (χ3n) is 4.70. The van der Waals surface area contributed by atoms with Gasteiger partial charge in [-0.05, 0) is 32.3 Å². The van der Waals surface area contributed by atoms with Crippen molar-refractivity contribution in [3.05, 3.63) is 71.6 Å². The Bertz CT molecular complexity index is 854. The Hall–Kier alpha value is -2.89. The van der Waals surface area contributed by atoms with E-state index in [2.05, 4.69) is 29.2 Å². The highest BCUT2D eigenvalue weighted by Gasteiger charge is 2.26. The summed E-state index contributed by atoms with van der Waals surface area (Å²) in [5.41, 5.74) is 2.38. The zero-order valence-electron chi connectivity index (χ0n) is 15.4. The van der Waals surface area contributed by atoms with Crippen molar-refractivity contribution < 1.29 is 9.32 Å². The Kier molecular flexibility index (Phi) is 5.51. The second-order valence-electron chi connectivity index (χ2n) is 6.57. The van der Waals surface area contributed by atoms with Crippen LogP contribution in [0.25, 0.3) is 0 Å². The van der Waals surface area contributed by atoms with Crippen LogP contribution in [0.1, 0.15) is 40.8 Å². The predicted molar refractivity (Wildman–Crippen MR) is 98.5 cm³/mol. The molecule has 0 saturated carbocycles. The van der Waals surface area contributed by atoms with Crippen molar-refractivity contribution in [2.24, 2.45) is 7.05 Å². The maximum Gasteiger partial charge on any atom is 0.259 e. The molecule has 3 rings (SSSR count). The highest BCUT2D eigenvalue weighted by molar-refractivity contribution is 5.95. The van der Waals surface area contributed by atoms with Crippen molar-refractivity contribution in [1.29, 1.82) is 0 Å². The van der Waals surface area contributed by atoms with Gasteiger partial charge >= 0.3 is 0 Å². The van der Waals surface area contributed by atoms with Crippen LogP contribution < -0.4 is 0 Å². The monoisotopic (exact) mass is 352 g/mol. The number of hydrogen-bond acceptors (Lipinski definition) is 4. The molecule has 0 aliphatic rings. The first kappa shape index (κ1) is 17.9. The standard InChI is InChI=1S/C20H24N4O2/c1-15(9-10-17-7-5-4-6-8-17)24(13-19-21-11-12-23(19)3)20(25)18-14-26-22-16(18)2/h4-8,11-12,14-15H,9-10,13H2,1-3H3. The maximum atomic E-state index is 13.1. The van der Waals surface area contributed by atoms with Crippen LogP contribution in [0.2, 0.25) is 0 Å². The van der Waals surface area contributed by atoms with E-state index in [0.717, 1.165) is 18.7 Å². The number of rotatable bonds is 7. The molecule has 0 N–H and O–H groups in total. The van der Waals surface area contributed by atoms with Crippen molar-refractivity contribution in [3.63, 3.8) is 0 Å². The fourth-order valence-electron chi connectivity index (χ4n) is 2.96. The average molecular weight is 352 g/mol. The SMILES string of the molecule is Cc1nocc1C(=O)N(Cc1nccn1C)C(C)CCc1ccccc1. The molecule has 1 amide bonds. The zero-order valence-corrected chi connectivity index (χ0v) is 15.4. The molecule has 136 valence electrons. The van der Waals surface area contributed by atoms with Crippen molar-refractivity contribution in [2.45, 2.75) is 39.3 Å². The summed E-state index contributed by atoms with van der Waals surface area (Å²) in [7, 11) is 1.93. The molecule has 6 nitrogen and oxygen atoms in total. The molecule has 0 aliphatic carbocycles. The second-order valence-corrected chi connectivity index (χ2v) is 6.57. The zero-order chi connectivity index (χ0) is 18.5. The van der Waals surface area contributed by atoms with Crippen LogP contribution in [0.4, 0.5) is 0 Å². The quantitative estimate of drug-likeness (QED) is 0.654. The Morgan fingerprint density at radius 2 is 2.08 bits per heavy atom.